The first-order valence-corrected chi connectivity index (χ1v) is 17.4. The second kappa shape index (κ2) is 11.2. The highest BCUT2D eigenvalue weighted by atomic mass is 32.1. The fourth-order valence-electron chi connectivity index (χ4n) is 7.40. The van der Waals surface area contributed by atoms with Crippen LogP contribution in [0.5, 0.6) is 0 Å². The number of fused-ring (bicyclic) bond motifs is 7. The van der Waals surface area contributed by atoms with Crippen molar-refractivity contribution >= 4 is 63.8 Å². The molecule has 0 aliphatic carbocycles. The van der Waals surface area contributed by atoms with Crippen LogP contribution in [0.4, 0.5) is 0 Å². The lowest BCUT2D eigenvalue weighted by atomic mass is 9.91. The summed E-state index contributed by atoms with van der Waals surface area (Å²) in [7, 11) is 0. The Labute approximate surface area is 287 Å². The van der Waals surface area contributed by atoms with E-state index in [-0.39, 0.29) is 0 Å². The standard InChI is InChI=1S/C46H28N2S/c1-2-13-30(14-3-1)46-47-40(33-17-10-16-31(26-33)36-21-11-23-43-45(36)38-20-8-9-22-42(38)49-43)28-41(48-46)44-35-19-7-5-15-32(35)27-39-34-18-6-4-12-29(34)24-25-37(39)44/h1-28H. The van der Waals surface area contributed by atoms with Crippen molar-refractivity contribution in [2.75, 3.05) is 0 Å². The molecule has 0 radical (unpaired) electrons. The van der Waals surface area contributed by atoms with Gasteiger partial charge in [-0.3, -0.25) is 0 Å². The second-order valence-corrected chi connectivity index (χ2v) is 13.6. The van der Waals surface area contributed by atoms with E-state index in [2.05, 4.69) is 164 Å². The SMILES string of the molecule is c1ccc(-c2nc(-c3cccc(-c4cccc5sc6ccccc6c45)c3)cc(-c3c4ccccc4cc4c3ccc3ccccc34)n2)cc1. The highest BCUT2D eigenvalue weighted by molar-refractivity contribution is 7.25. The fourth-order valence-corrected chi connectivity index (χ4v) is 8.53. The molecule has 0 aliphatic rings. The van der Waals surface area contributed by atoms with Crippen molar-refractivity contribution in [3.63, 3.8) is 0 Å². The van der Waals surface area contributed by atoms with Gasteiger partial charge in [-0.15, -0.1) is 11.3 Å². The topological polar surface area (TPSA) is 25.8 Å². The van der Waals surface area contributed by atoms with E-state index in [4.69, 9.17) is 9.97 Å². The number of nitrogens with zero attached hydrogens (tertiary/aromatic N) is 2. The Kier molecular flexibility index (Phi) is 6.39. The number of thiophene rings is 1. The van der Waals surface area contributed by atoms with Crippen LogP contribution in [0.2, 0.25) is 0 Å². The van der Waals surface area contributed by atoms with E-state index in [1.165, 1.54) is 63.6 Å². The van der Waals surface area contributed by atoms with E-state index < -0.39 is 0 Å². The van der Waals surface area contributed by atoms with Crippen molar-refractivity contribution in [1.82, 2.24) is 9.97 Å². The molecular formula is C46H28N2S. The highest BCUT2D eigenvalue weighted by Crippen LogP contribution is 2.42. The van der Waals surface area contributed by atoms with Crippen LogP contribution in [-0.2, 0) is 0 Å². The number of rotatable bonds is 4. The predicted molar refractivity (Wildman–Crippen MR) is 209 cm³/mol. The predicted octanol–water partition coefficient (Wildman–Crippen LogP) is 13.0. The van der Waals surface area contributed by atoms with Gasteiger partial charge >= 0.3 is 0 Å². The minimum Gasteiger partial charge on any atom is -0.228 e. The van der Waals surface area contributed by atoms with Crippen LogP contribution in [-0.4, -0.2) is 9.97 Å². The Morgan fingerprint density at radius 1 is 0.367 bits per heavy atom. The van der Waals surface area contributed by atoms with E-state index in [1.807, 2.05) is 17.4 Å². The van der Waals surface area contributed by atoms with Gasteiger partial charge in [0.25, 0.3) is 0 Å². The van der Waals surface area contributed by atoms with Crippen LogP contribution in [0.1, 0.15) is 0 Å². The number of hydrogen-bond donors (Lipinski definition) is 0. The van der Waals surface area contributed by atoms with E-state index in [1.54, 1.807) is 0 Å². The first kappa shape index (κ1) is 27.9. The molecule has 3 heteroatoms. The summed E-state index contributed by atoms with van der Waals surface area (Å²) in [5, 5.41) is 9.87. The summed E-state index contributed by atoms with van der Waals surface area (Å²) in [4.78, 5) is 10.6. The van der Waals surface area contributed by atoms with E-state index in [9.17, 15) is 0 Å². The third kappa shape index (κ3) is 4.62. The van der Waals surface area contributed by atoms with Gasteiger partial charge in [0.2, 0.25) is 0 Å². The van der Waals surface area contributed by atoms with Crippen molar-refractivity contribution in [1.29, 1.82) is 0 Å². The second-order valence-electron chi connectivity index (χ2n) is 12.5. The Morgan fingerprint density at radius 3 is 1.94 bits per heavy atom. The lowest BCUT2D eigenvalue weighted by Crippen LogP contribution is -1.97. The van der Waals surface area contributed by atoms with Gasteiger partial charge in [-0.2, -0.15) is 0 Å². The molecular weight excluding hydrogens is 613 g/mol. The maximum atomic E-state index is 5.32. The molecule has 2 nitrogen and oxygen atoms in total. The van der Waals surface area contributed by atoms with E-state index >= 15 is 0 Å². The molecule has 0 fully saturated rings. The molecule has 0 atom stereocenters. The molecule has 0 saturated carbocycles. The minimum absolute atomic E-state index is 0.714. The summed E-state index contributed by atoms with van der Waals surface area (Å²) < 4.78 is 2.61. The molecule has 0 unspecified atom stereocenters. The Balaban J connectivity index is 1.24. The van der Waals surface area contributed by atoms with Crippen molar-refractivity contribution in [3.8, 4) is 45.0 Å². The van der Waals surface area contributed by atoms with Crippen molar-refractivity contribution < 1.29 is 0 Å². The molecule has 2 aromatic heterocycles. The first-order valence-electron chi connectivity index (χ1n) is 16.6. The van der Waals surface area contributed by atoms with Crippen molar-refractivity contribution in [2.24, 2.45) is 0 Å². The normalized spacial score (nSPS) is 11.7. The minimum atomic E-state index is 0.714. The van der Waals surface area contributed by atoms with Crippen LogP contribution >= 0.6 is 11.3 Å². The lowest BCUT2D eigenvalue weighted by Gasteiger charge is -2.15. The summed E-state index contributed by atoms with van der Waals surface area (Å²) in [6, 6.07) is 60.8. The summed E-state index contributed by atoms with van der Waals surface area (Å²) in [5.74, 6) is 0.714. The molecule has 10 aromatic rings. The Bertz CT molecular complexity index is 2890. The zero-order valence-corrected chi connectivity index (χ0v) is 27.3. The van der Waals surface area contributed by atoms with Crippen molar-refractivity contribution in [3.05, 3.63) is 170 Å². The summed E-state index contributed by atoms with van der Waals surface area (Å²) in [6.07, 6.45) is 0. The largest absolute Gasteiger partial charge is 0.228 e. The molecule has 8 aromatic carbocycles. The number of benzene rings is 8. The molecule has 0 aliphatic heterocycles. The van der Waals surface area contributed by atoms with Gasteiger partial charge in [0.1, 0.15) is 0 Å². The fraction of sp³-hybridized carbons (Fsp3) is 0. The molecule has 0 spiro atoms. The summed E-state index contributed by atoms with van der Waals surface area (Å²) >= 11 is 1.85. The molecule has 0 saturated heterocycles. The van der Waals surface area contributed by atoms with Gasteiger partial charge in [-0.25, -0.2) is 9.97 Å². The molecule has 2 heterocycles. The zero-order chi connectivity index (χ0) is 32.3. The first-order chi connectivity index (χ1) is 24.3. The van der Waals surface area contributed by atoms with Gasteiger partial charge in [-0.05, 0) is 73.8 Å². The van der Waals surface area contributed by atoms with Crippen LogP contribution in [0, 0.1) is 0 Å². The van der Waals surface area contributed by atoms with Gasteiger partial charge in [0, 0.05) is 36.9 Å². The quantitative estimate of drug-likeness (QED) is 0.141. The van der Waals surface area contributed by atoms with Gasteiger partial charge in [0.15, 0.2) is 5.82 Å². The highest BCUT2D eigenvalue weighted by Gasteiger charge is 2.18. The van der Waals surface area contributed by atoms with Crippen LogP contribution < -0.4 is 0 Å². The smallest absolute Gasteiger partial charge is 0.160 e. The van der Waals surface area contributed by atoms with Crippen molar-refractivity contribution in [2.45, 2.75) is 0 Å². The molecule has 0 N–H and O–H groups in total. The zero-order valence-electron chi connectivity index (χ0n) is 26.5. The Morgan fingerprint density at radius 2 is 1.04 bits per heavy atom. The van der Waals surface area contributed by atoms with E-state index in [0.29, 0.717) is 5.82 Å². The third-order valence-corrected chi connectivity index (χ3v) is 10.8. The molecule has 49 heavy (non-hydrogen) atoms. The summed E-state index contributed by atoms with van der Waals surface area (Å²) in [5.41, 5.74) is 7.41. The lowest BCUT2D eigenvalue weighted by molar-refractivity contribution is 1.19. The molecule has 0 bridgehead atoms. The van der Waals surface area contributed by atoms with Gasteiger partial charge in [-0.1, -0.05) is 140 Å². The van der Waals surface area contributed by atoms with Crippen LogP contribution in [0.3, 0.4) is 0 Å². The van der Waals surface area contributed by atoms with Crippen LogP contribution in [0.15, 0.2) is 170 Å². The Hall–Kier alpha value is -6.16. The van der Waals surface area contributed by atoms with Gasteiger partial charge in [0.05, 0.1) is 11.4 Å². The maximum Gasteiger partial charge on any atom is 0.160 e. The average Bonchev–Trinajstić information content (AvgIpc) is 3.56. The van der Waals surface area contributed by atoms with Crippen LogP contribution in [0.25, 0.3) is 97.5 Å². The molecule has 228 valence electrons. The van der Waals surface area contributed by atoms with Gasteiger partial charge < -0.3 is 0 Å². The molecule has 0 amide bonds. The average molecular weight is 641 g/mol. The number of aromatic nitrogens is 2. The summed E-state index contributed by atoms with van der Waals surface area (Å²) in [6.45, 7) is 0. The van der Waals surface area contributed by atoms with E-state index in [0.717, 1.165) is 28.1 Å². The maximum absolute atomic E-state index is 5.32. The number of hydrogen-bond acceptors (Lipinski definition) is 3. The molecule has 10 rings (SSSR count). The third-order valence-electron chi connectivity index (χ3n) is 9.66. The monoisotopic (exact) mass is 640 g/mol.